The van der Waals surface area contributed by atoms with Crippen LogP contribution in [0, 0.1) is 0 Å². The van der Waals surface area contributed by atoms with E-state index in [9.17, 15) is 19.4 Å². The summed E-state index contributed by atoms with van der Waals surface area (Å²) in [6, 6.07) is 0. The number of aliphatic hydroxyl groups excluding tert-OH is 2. The molecular weight excluding hydrogens is 727 g/mol. The maximum absolute atomic E-state index is 12.6. The SMILES string of the molecule is CCC/C=C\C/C=C\CCCCCCCCOCC(COP(=O)(O)OCC(O)CO)OC(=O)CCCCCCCCCCC/C=C\CCCCCCCCCC. The van der Waals surface area contributed by atoms with E-state index in [4.69, 9.17) is 23.6 Å². The van der Waals surface area contributed by atoms with Gasteiger partial charge >= 0.3 is 13.8 Å². The molecule has 0 aliphatic carbocycles. The largest absolute Gasteiger partial charge is 0.472 e. The van der Waals surface area contributed by atoms with E-state index in [-0.39, 0.29) is 25.6 Å². The minimum Gasteiger partial charge on any atom is -0.457 e. The Balaban J connectivity index is 4.11. The van der Waals surface area contributed by atoms with Gasteiger partial charge in [-0.3, -0.25) is 13.8 Å². The highest BCUT2D eigenvalue weighted by molar-refractivity contribution is 7.47. The summed E-state index contributed by atoms with van der Waals surface area (Å²) < 4.78 is 33.4. The number of aliphatic hydroxyl groups is 2. The molecule has 3 atom stereocenters. The molecule has 3 unspecified atom stereocenters. The second kappa shape index (κ2) is 43.3. The smallest absolute Gasteiger partial charge is 0.457 e. The van der Waals surface area contributed by atoms with Gasteiger partial charge in [-0.1, -0.05) is 172 Å². The standard InChI is InChI=1S/C46H87O9P/c1-3-5-7-9-11-13-15-17-19-20-21-22-23-24-25-26-28-30-32-34-36-38-46(49)55-45(43-54-56(50,51)53-41-44(48)40-47)42-52-39-37-35-33-31-29-27-18-16-14-12-10-8-6-4-2/h8,10,14,16,20-21,44-45,47-48H,3-7,9,11-13,15,17-19,22-43H2,1-2H3,(H,50,51)/b10-8-,16-14-,21-20-. The van der Waals surface area contributed by atoms with Crippen molar-refractivity contribution in [1.82, 2.24) is 0 Å². The second-order valence-electron chi connectivity index (χ2n) is 15.4. The van der Waals surface area contributed by atoms with Crippen molar-refractivity contribution in [2.24, 2.45) is 0 Å². The van der Waals surface area contributed by atoms with Crippen molar-refractivity contribution in [3.63, 3.8) is 0 Å². The number of rotatable bonds is 44. The summed E-state index contributed by atoms with van der Waals surface area (Å²) in [7, 11) is -4.52. The first-order valence-corrected chi connectivity index (χ1v) is 24.5. The lowest BCUT2D eigenvalue weighted by atomic mass is 10.1. The third-order valence-electron chi connectivity index (χ3n) is 9.78. The molecule has 0 rings (SSSR count). The number of phosphoric acid groups is 1. The number of carbonyl (C=O) groups is 1. The first kappa shape index (κ1) is 54.7. The van der Waals surface area contributed by atoms with Gasteiger partial charge in [-0.05, 0) is 64.2 Å². The molecule has 0 aliphatic rings. The Kier molecular flexibility index (Phi) is 42.2. The zero-order valence-corrected chi connectivity index (χ0v) is 37.0. The van der Waals surface area contributed by atoms with Gasteiger partial charge in [0.25, 0.3) is 0 Å². The minimum absolute atomic E-state index is 0.0422. The van der Waals surface area contributed by atoms with Crippen molar-refractivity contribution in [2.75, 3.05) is 33.0 Å². The quantitative estimate of drug-likeness (QED) is 0.0238. The lowest BCUT2D eigenvalue weighted by Gasteiger charge is -2.20. The van der Waals surface area contributed by atoms with E-state index >= 15 is 0 Å². The van der Waals surface area contributed by atoms with Gasteiger partial charge in [-0.15, -0.1) is 0 Å². The molecule has 0 radical (unpaired) electrons. The van der Waals surface area contributed by atoms with Gasteiger partial charge in [0.05, 0.1) is 26.4 Å². The summed E-state index contributed by atoms with van der Waals surface area (Å²) in [4.78, 5) is 22.6. The van der Waals surface area contributed by atoms with Crippen LogP contribution in [0.25, 0.3) is 0 Å². The van der Waals surface area contributed by atoms with Gasteiger partial charge < -0.3 is 24.6 Å². The van der Waals surface area contributed by atoms with E-state index < -0.39 is 33.2 Å². The fourth-order valence-corrected chi connectivity index (χ4v) is 7.06. The van der Waals surface area contributed by atoms with Gasteiger partial charge in [0.1, 0.15) is 12.2 Å². The molecule has 0 aromatic heterocycles. The number of hydrogen-bond acceptors (Lipinski definition) is 8. The van der Waals surface area contributed by atoms with Crippen LogP contribution in [0.4, 0.5) is 0 Å². The van der Waals surface area contributed by atoms with Crippen LogP contribution in [0.2, 0.25) is 0 Å². The molecule has 0 saturated carbocycles. The summed E-state index contributed by atoms with van der Waals surface area (Å²) in [5.41, 5.74) is 0. The predicted octanol–water partition coefficient (Wildman–Crippen LogP) is 12.8. The molecule has 9 nitrogen and oxygen atoms in total. The normalized spacial score (nSPS) is 14.3. The van der Waals surface area contributed by atoms with Gasteiger partial charge in [0.2, 0.25) is 0 Å². The van der Waals surface area contributed by atoms with Crippen LogP contribution in [0.3, 0.4) is 0 Å². The number of ether oxygens (including phenoxy) is 2. The molecule has 0 aromatic rings. The Morgan fingerprint density at radius 3 is 1.52 bits per heavy atom. The van der Waals surface area contributed by atoms with E-state index in [0.29, 0.717) is 6.61 Å². The highest BCUT2D eigenvalue weighted by Crippen LogP contribution is 2.43. The third-order valence-corrected chi connectivity index (χ3v) is 10.7. The summed E-state index contributed by atoms with van der Waals surface area (Å²) >= 11 is 0. The molecular formula is C46H87O9P. The number of hydrogen-bond donors (Lipinski definition) is 3. The van der Waals surface area contributed by atoms with Crippen molar-refractivity contribution in [2.45, 2.75) is 219 Å². The average Bonchev–Trinajstić information content (AvgIpc) is 3.19. The van der Waals surface area contributed by atoms with Crippen LogP contribution in [-0.4, -0.2) is 66.3 Å². The van der Waals surface area contributed by atoms with Crippen molar-refractivity contribution in [1.29, 1.82) is 0 Å². The molecule has 0 fully saturated rings. The zero-order valence-electron chi connectivity index (χ0n) is 36.1. The van der Waals surface area contributed by atoms with E-state index in [1.165, 1.54) is 128 Å². The van der Waals surface area contributed by atoms with Crippen LogP contribution in [-0.2, 0) is 27.9 Å². The van der Waals surface area contributed by atoms with Crippen molar-refractivity contribution in [3.8, 4) is 0 Å². The number of phosphoric ester groups is 1. The summed E-state index contributed by atoms with van der Waals surface area (Å²) in [6.07, 6.45) is 46.8. The Bertz CT molecular complexity index is 970. The highest BCUT2D eigenvalue weighted by Gasteiger charge is 2.26. The molecule has 0 amide bonds. The zero-order chi connectivity index (χ0) is 41.1. The lowest BCUT2D eigenvalue weighted by Crippen LogP contribution is -2.29. The van der Waals surface area contributed by atoms with E-state index in [1.54, 1.807) is 0 Å². The summed E-state index contributed by atoms with van der Waals surface area (Å²) in [6.45, 7) is 3.45. The number of allylic oxidation sites excluding steroid dienone is 6. The van der Waals surface area contributed by atoms with Crippen LogP contribution in [0.15, 0.2) is 36.5 Å². The first-order chi connectivity index (χ1) is 27.3. The molecule has 0 bridgehead atoms. The Labute approximate surface area is 344 Å². The molecule has 330 valence electrons. The molecule has 0 spiro atoms. The van der Waals surface area contributed by atoms with Crippen molar-refractivity contribution < 1.29 is 43.0 Å². The molecule has 3 N–H and O–H groups in total. The lowest BCUT2D eigenvalue weighted by molar-refractivity contribution is -0.154. The summed E-state index contributed by atoms with van der Waals surface area (Å²) in [5, 5.41) is 18.4. The first-order valence-electron chi connectivity index (χ1n) is 23.0. The Hall–Kier alpha value is -1.32. The molecule has 0 aromatic carbocycles. The molecule has 0 heterocycles. The molecule has 56 heavy (non-hydrogen) atoms. The molecule has 0 saturated heterocycles. The van der Waals surface area contributed by atoms with Gasteiger partial charge in [0.15, 0.2) is 0 Å². The molecule has 10 heteroatoms. The molecule has 0 aliphatic heterocycles. The van der Waals surface area contributed by atoms with Crippen LogP contribution in [0.5, 0.6) is 0 Å². The topological polar surface area (TPSA) is 132 Å². The van der Waals surface area contributed by atoms with Gasteiger partial charge in [-0.2, -0.15) is 0 Å². The van der Waals surface area contributed by atoms with Crippen LogP contribution < -0.4 is 0 Å². The highest BCUT2D eigenvalue weighted by atomic mass is 31.2. The predicted molar refractivity (Wildman–Crippen MR) is 233 cm³/mol. The van der Waals surface area contributed by atoms with Crippen molar-refractivity contribution >= 4 is 13.8 Å². The monoisotopic (exact) mass is 815 g/mol. The third kappa shape index (κ3) is 42.3. The maximum Gasteiger partial charge on any atom is 0.472 e. The van der Waals surface area contributed by atoms with Gasteiger partial charge in [-0.25, -0.2) is 4.57 Å². The van der Waals surface area contributed by atoms with Gasteiger partial charge in [0, 0.05) is 13.0 Å². The number of unbranched alkanes of at least 4 members (excludes halogenated alkanes) is 24. The Morgan fingerprint density at radius 2 is 1.00 bits per heavy atom. The van der Waals surface area contributed by atoms with E-state index in [1.807, 2.05) is 0 Å². The second-order valence-corrected chi connectivity index (χ2v) is 16.9. The number of carbonyl (C=O) groups excluding carboxylic acids is 1. The van der Waals surface area contributed by atoms with Crippen molar-refractivity contribution in [3.05, 3.63) is 36.5 Å². The number of esters is 1. The van der Waals surface area contributed by atoms with E-state index in [2.05, 4.69) is 50.3 Å². The minimum atomic E-state index is -4.52. The van der Waals surface area contributed by atoms with Crippen LogP contribution >= 0.6 is 7.82 Å². The van der Waals surface area contributed by atoms with Crippen LogP contribution in [0.1, 0.15) is 206 Å². The average molecular weight is 815 g/mol. The van der Waals surface area contributed by atoms with E-state index in [0.717, 1.165) is 57.8 Å². The summed E-state index contributed by atoms with van der Waals surface area (Å²) in [5.74, 6) is -0.388. The Morgan fingerprint density at radius 1 is 0.554 bits per heavy atom. The maximum atomic E-state index is 12.6. The fraction of sp³-hybridized carbons (Fsp3) is 0.848. The fourth-order valence-electron chi connectivity index (χ4n) is 6.27.